The zero-order valence-electron chi connectivity index (χ0n) is 15.1. The topological polar surface area (TPSA) is 86.8 Å². The monoisotopic (exact) mass is 367 g/mol. The Kier molecular flexibility index (Phi) is 5.84. The molecule has 0 saturated carbocycles. The molecule has 7 nitrogen and oxygen atoms in total. The zero-order chi connectivity index (χ0) is 18.8. The molecule has 0 aromatic heterocycles. The van der Waals surface area contributed by atoms with Gasteiger partial charge in [-0.3, -0.25) is 9.59 Å². The van der Waals surface area contributed by atoms with Gasteiger partial charge in [-0.2, -0.15) is 0 Å². The van der Waals surface area contributed by atoms with Crippen molar-refractivity contribution in [2.75, 3.05) is 33.2 Å². The van der Waals surface area contributed by atoms with Gasteiger partial charge in [-0.25, -0.2) is 13.1 Å². The minimum absolute atomic E-state index is 0.0840. The summed E-state index contributed by atoms with van der Waals surface area (Å²) in [6.07, 6.45) is 0.455. The van der Waals surface area contributed by atoms with Gasteiger partial charge in [-0.1, -0.05) is 6.92 Å². The minimum atomic E-state index is -3.64. The highest BCUT2D eigenvalue weighted by molar-refractivity contribution is 7.89. The van der Waals surface area contributed by atoms with Crippen molar-refractivity contribution < 1.29 is 18.0 Å². The Balaban J connectivity index is 2.25. The molecule has 1 aromatic rings. The number of benzene rings is 1. The first-order chi connectivity index (χ1) is 11.7. The van der Waals surface area contributed by atoms with Crippen LogP contribution >= 0.6 is 0 Å². The van der Waals surface area contributed by atoms with Crippen LogP contribution in [0.1, 0.15) is 34.8 Å². The maximum absolute atomic E-state index is 12.8. The Hall–Kier alpha value is -1.93. The number of rotatable bonds is 4. The van der Waals surface area contributed by atoms with Crippen molar-refractivity contribution in [3.05, 3.63) is 28.8 Å². The summed E-state index contributed by atoms with van der Waals surface area (Å²) in [6, 6.07) is 3.15. The lowest BCUT2D eigenvalue weighted by atomic mass is 10.0. The van der Waals surface area contributed by atoms with Gasteiger partial charge in [0.2, 0.25) is 15.9 Å². The molecule has 25 heavy (non-hydrogen) atoms. The van der Waals surface area contributed by atoms with E-state index in [4.69, 9.17) is 0 Å². The molecule has 0 spiro atoms. The van der Waals surface area contributed by atoms with Crippen LogP contribution in [0.15, 0.2) is 17.0 Å². The molecular formula is C17H25N3O4S. The number of hydrogen-bond acceptors (Lipinski definition) is 4. The SMILES string of the molecule is CCC(=O)N1CCN(C(=O)c2cc(C)c(C)c(S(=O)(=O)NC)c2)CC1. The van der Waals surface area contributed by atoms with E-state index < -0.39 is 10.0 Å². The second kappa shape index (κ2) is 7.53. The highest BCUT2D eigenvalue weighted by atomic mass is 32.2. The lowest BCUT2D eigenvalue weighted by molar-refractivity contribution is -0.132. The third kappa shape index (κ3) is 4.01. The van der Waals surface area contributed by atoms with Gasteiger partial charge < -0.3 is 9.80 Å². The number of carbonyl (C=O) groups excluding carboxylic acids is 2. The van der Waals surface area contributed by atoms with Crippen LogP contribution in [0.25, 0.3) is 0 Å². The summed E-state index contributed by atoms with van der Waals surface area (Å²) in [5.74, 6) is -0.125. The van der Waals surface area contributed by atoms with Crippen LogP contribution < -0.4 is 4.72 Å². The molecule has 0 aliphatic carbocycles. The Labute approximate surface area is 149 Å². The van der Waals surface area contributed by atoms with Gasteiger partial charge in [0, 0.05) is 38.2 Å². The Bertz CT molecular complexity index is 781. The Morgan fingerprint density at radius 2 is 1.64 bits per heavy atom. The maximum Gasteiger partial charge on any atom is 0.254 e. The van der Waals surface area contributed by atoms with E-state index in [1.54, 1.807) is 29.7 Å². The van der Waals surface area contributed by atoms with E-state index in [0.29, 0.717) is 43.7 Å². The molecule has 138 valence electrons. The van der Waals surface area contributed by atoms with Crippen LogP contribution in [0.2, 0.25) is 0 Å². The normalized spacial score (nSPS) is 15.4. The number of sulfonamides is 1. The summed E-state index contributed by atoms with van der Waals surface area (Å²) < 4.78 is 26.7. The molecule has 1 saturated heterocycles. The van der Waals surface area contributed by atoms with Crippen molar-refractivity contribution >= 4 is 21.8 Å². The predicted octanol–water partition coefficient (Wildman–Crippen LogP) is 0.906. The molecule has 1 heterocycles. The zero-order valence-corrected chi connectivity index (χ0v) is 15.9. The summed E-state index contributed by atoms with van der Waals surface area (Å²) >= 11 is 0. The lowest BCUT2D eigenvalue weighted by Gasteiger charge is -2.34. The molecule has 1 aromatic carbocycles. The number of aryl methyl sites for hydroxylation is 1. The molecule has 0 atom stereocenters. The highest BCUT2D eigenvalue weighted by Gasteiger charge is 2.26. The molecule has 1 N–H and O–H groups in total. The number of carbonyl (C=O) groups is 2. The largest absolute Gasteiger partial charge is 0.339 e. The summed E-state index contributed by atoms with van der Waals surface area (Å²) in [6.45, 7) is 7.24. The van der Waals surface area contributed by atoms with Crippen molar-refractivity contribution in [3.8, 4) is 0 Å². The van der Waals surface area contributed by atoms with Gasteiger partial charge in [0.05, 0.1) is 4.90 Å². The minimum Gasteiger partial charge on any atom is -0.339 e. The highest BCUT2D eigenvalue weighted by Crippen LogP contribution is 2.22. The van der Waals surface area contributed by atoms with Crippen LogP contribution in [0.5, 0.6) is 0 Å². The van der Waals surface area contributed by atoms with Crippen molar-refractivity contribution in [3.63, 3.8) is 0 Å². The van der Waals surface area contributed by atoms with Crippen molar-refractivity contribution in [1.82, 2.24) is 14.5 Å². The fourth-order valence-electron chi connectivity index (χ4n) is 2.90. The molecule has 1 aliphatic heterocycles. The molecule has 0 unspecified atom stereocenters. The first-order valence-corrected chi connectivity index (χ1v) is 9.81. The molecule has 2 amide bonds. The Morgan fingerprint density at radius 1 is 1.08 bits per heavy atom. The predicted molar refractivity (Wildman–Crippen MR) is 94.9 cm³/mol. The molecular weight excluding hydrogens is 342 g/mol. The molecule has 0 bridgehead atoms. The van der Waals surface area contributed by atoms with Crippen LogP contribution in [0.3, 0.4) is 0 Å². The van der Waals surface area contributed by atoms with E-state index >= 15 is 0 Å². The van der Waals surface area contributed by atoms with Crippen molar-refractivity contribution in [1.29, 1.82) is 0 Å². The summed E-state index contributed by atoms with van der Waals surface area (Å²) in [5, 5.41) is 0. The van der Waals surface area contributed by atoms with Gasteiger partial charge in [0.15, 0.2) is 0 Å². The van der Waals surface area contributed by atoms with Gasteiger partial charge >= 0.3 is 0 Å². The maximum atomic E-state index is 12.8. The standard InChI is InChI=1S/C17H25N3O4S/c1-5-16(21)19-6-8-20(9-7-19)17(22)14-10-12(2)13(3)15(11-14)25(23,24)18-4/h10-11,18H,5-9H2,1-4H3. The molecule has 0 radical (unpaired) electrons. The van der Waals surface area contributed by atoms with Crippen molar-refractivity contribution in [2.24, 2.45) is 0 Å². The summed E-state index contributed by atoms with van der Waals surface area (Å²) in [5.41, 5.74) is 1.73. The van der Waals surface area contributed by atoms with Crippen LogP contribution in [0.4, 0.5) is 0 Å². The first kappa shape index (κ1) is 19.4. The van der Waals surface area contributed by atoms with Crippen LogP contribution in [0, 0.1) is 13.8 Å². The lowest BCUT2D eigenvalue weighted by Crippen LogP contribution is -2.50. The number of amides is 2. The number of nitrogens with one attached hydrogen (secondary N) is 1. The molecule has 8 heteroatoms. The van der Waals surface area contributed by atoms with Gasteiger partial charge in [-0.05, 0) is 44.2 Å². The van der Waals surface area contributed by atoms with Crippen LogP contribution in [-0.2, 0) is 14.8 Å². The van der Waals surface area contributed by atoms with Gasteiger partial charge in [0.1, 0.15) is 0 Å². The smallest absolute Gasteiger partial charge is 0.254 e. The summed E-state index contributed by atoms with van der Waals surface area (Å²) in [4.78, 5) is 28.1. The van der Waals surface area contributed by atoms with Crippen molar-refractivity contribution in [2.45, 2.75) is 32.1 Å². The van der Waals surface area contributed by atoms with E-state index in [1.165, 1.54) is 13.1 Å². The second-order valence-electron chi connectivity index (χ2n) is 6.15. The number of nitrogens with zero attached hydrogens (tertiary/aromatic N) is 2. The van der Waals surface area contributed by atoms with E-state index in [1.807, 2.05) is 6.92 Å². The average molecular weight is 367 g/mol. The summed E-state index contributed by atoms with van der Waals surface area (Å²) in [7, 11) is -2.29. The number of piperazine rings is 1. The van der Waals surface area contributed by atoms with E-state index in [9.17, 15) is 18.0 Å². The van der Waals surface area contributed by atoms with E-state index in [0.717, 1.165) is 5.56 Å². The molecule has 2 rings (SSSR count). The van der Waals surface area contributed by atoms with Gasteiger partial charge in [-0.15, -0.1) is 0 Å². The fraction of sp³-hybridized carbons (Fsp3) is 0.529. The third-order valence-electron chi connectivity index (χ3n) is 4.65. The fourth-order valence-corrected chi connectivity index (χ4v) is 3.97. The van der Waals surface area contributed by atoms with Gasteiger partial charge in [0.25, 0.3) is 5.91 Å². The number of hydrogen-bond donors (Lipinski definition) is 1. The van der Waals surface area contributed by atoms with E-state index in [2.05, 4.69) is 4.72 Å². The van der Waals surface area contributed by atoms with E-state index in [-0.39, 0.29) is 16.7 Å². The van der Waals surface area contributed by atoms with Crippen LogP contribution in [-0.4, -0.2) is 63.3 Å². The Morgan fingerprint density at radius 3 is 2.16 bits per heavy atom. The first-order valence-electron chi connectivity index (χ1n) is 8.33. The second-order valence-corrected chi connectivity index (χ2v) is 8.01. The average Bonchev–Trinajstić information content (AvgIpc) is 2.62. The molecule has 1 aliphatic rings. The molecule has 1 fully saturated rings. The quantitative estimate of drug-likeness (QED) is 0.857. The third-order valence-corrected chi connectivity index (χ3v) is 6.19.